The molecular weight excluding hydrogens is 416 g/mol. The summed E-state index contributed by atoms with van der Waals surface area (Å²) >= 11 is 6.13. The molecule has 2 N–H and O–H groups in total. The highest BCUT2D eigenvalue weighted by molar-refractivity contribution is 6.32. The maximum atomic E-state index is 12.1. The molecule has 9 nitrogen and oxygen atoms in total. The zero-order valence-corrected chi connectivity index (χ0v) is 17.4. The van der Waals surface area contributed by atoms with Crippen LogP contribution < -0.4 is 24.4 Å². The lowest BCUT2D eigenvalue weighted by atomic mass is 10.1. The lowest BCUT2D eigenvalue weighted by Crippen LogP contribution is -2.19. The average molecular weight is 437 g/mol. The van der Waals surface area contributed by atoms with E-state index in [4.69, 9.17) is 35.7 Å². The van der Waals surface area contributed by atoms with Gasteiger partial charge < -0.3 is 24.1 Å². The normalized spacial score (nSPS) is 10.5. The van der Waals surface area contributed by atoms with E-state index in [9.17, 15) is 9.59 Å². The lowest BCUT2D eigenvalue weighted by Gasteiger charge is -2.11. The van der Waals surface area contributed by atoms with Gasteiger partial charge in [0.15, 0.2) is 29.6 Å². The number of nitrogens with zero attached hydrogens (tertiary/aromatic N) is 1. The largest absolute Gasteiger partial charge is 0.493 e. The molecule has 0 saturated heterocycles. The van der Waals surface area contributed by atoms with Crippen molar-refractivity contribution in [3.8, 4) is 23.0 Å². The van der Waals surface area contributed by atoms with Gasteiger partial charge in [-0.2, -0.15) is 5.10 Å². The number of carbonyl (C=O) groups excluding carboxylic acids is 1. The molecule has 160 valence electrons. The van der Waals surface area contributed by atoms with Crippen LogP contribution in [-0.4, -0.2) is 51.1 Å². The summed E-state index contributed by atoms with van der Waals surface area (Å²) < 4.78 is 20.7. The highest BCUT2D eigenvalue weighted by Crippen LogP contribution is 2.36. The molecule has 10 heteroatoms. The van der Waals surface area contributed by atoms with E-state index in [1.807, 2.05) is 0 Å². The summed E-state index contributed by atoms with van der Waals surface area (Å²) in [5.41, 5.74) is 3.67. The maximum absolute atomic E-state index is 12.1. The van der Waals surface area contributed by atoms with Crippen LogP contribution >= 0.6 is 11.6 Å². The number of ether oxygens (including phenoxy) is 4. The second kappa shape index (κ2) is 10.9. The molecule has 0 spiro atoms. The van der Waals surface area contributed by atoms with Crippen molar-refractivity contribution in [1.82, 2.24) is 5.43 Å². The highest BCUT2D eigenvalue weighted by atomic mass is 35.5. The number of carboxylic acid groups (broad SMARTS) is 1. The van der Waals surface area contributed by atoms with Crippen molar-refractivity contribution < 1.29 is 33.6 Å². The van der Waals surface area contributed by atoms with Crippen molar-refractivity contribution in [3.63, 3.8) is 0 Å². The van der Waals surface area contributed by atoms with Gasteiger partial charge >= 0.3 is 5.97 Å². The van der Waals surface area contributed by atoms with E-state index in [1.54, 1.807) is 24.3 Å². The molecule has 0 unspecified atom stereocenters. The number of nitrogens with one attached hydrogen (secondary N) is 1. The lowest BCUT2D eigenvalue weighted by molar-refractivity contribution is -0.139. The minimum Gasteiger partial charge on any atom is -0.493 e. The second-order valence-electron chi connectivity index (χ2n) is 5.88. The van der Waals surface area contributed by atoms with E-state index in [0.717, 1.165) is 5.56 Å². The molecule has 0 saturated carbocycles. The van der Waals surface area contributed by atoms with Crippen LogP contribution in [-0.2, 0) is 16.0 Å². The predicted octanol–water partition coefficient (Wildman–Crippen LogP) is 2.52. The van der Waals surface area contributed by atoms with E-state index < -0.39 is 12.6 Å². The minimum absolute atomic E-state index is 0.0870. The number of aliphatic carboxylic acids is 1. The predicted molar refractivity (Wildman–Crippen MR) is 110 cm³/mol. The summed E-state index contributed by atoms with van der Waals surface area (Å²) in [6.45, 7) is -0.560. The molecule has 0 aliphatic carbocycles. The Bertz CT molecular complexity index is 947. The molecule has 0 bridgehead atoms. The molecule has 0 aromatic heterocycles. The summed E-state index contributed by atoms with van der Waals surface area (Å²) in [5.74, 6) is -0.0357. The second-order valence-corrected chi connectivity index (χ2v) is 6.28. The van der Waals surface area contributed by atoms with Gasteiger partial charge in [-0.1, -0.05) is 17.7 Å². The summed E-state index contributed by atoms with van der Waals surface area (Å²) in [7, 11) is 4.44. The highest BCUT2D eigenvalue weighted by Gasteiger charge is 2.13. The van der Waals surface area contributed by atoms with Crippen LogP contribution in [0.1, 0.15) is 11.1 Å². The fourth-order valence-electron chi connectivity index (χ4n) is 2.48. The van der Waals surface area contributed by atoms with Gasteiger partial charge in [0.05, 0.1) is 39.0 Å². The summed E-state index contributed by atoms with van der Waals surface area (Å²) in [4.78, 5) is 22.8. The molecule has 2 aromatic rings. The number of hydrogen-bond acceptors (Lipinski definition) is 7. The van der Waals surface area contributed by atoms with Crippen LogP contribution in [0.2, 0.25) is 5.02 Å². The molecule has 0 heterocycles. The van der Waals surface area contributed by atoms with Gasteiger partial charge in [-0.25, -0.2) is 10.2 Å². The summed E-state index contributed by atoms with van der Waals surface area (Å²) in [6.07, 6.45) is 1.46. The Kier molecular flexibility index (Phi) is 8.30. The fraction of sp³-hybridized carbons (Fsp3) is 0.250. The zero-order valence-electron chi connectivity index (χ0n) is 16.6. The number of hydrazone groups is 1. The third-order valence-electron chi connectivity index (χ3n) is 3.81. The summed E-state index contributed by atoms with van der Waals surface area (Å²) in [6, 6.07) is 8.24. The summed E-state index contributed by atoms with van der Waals surface area (Å²) in [5, 5.41) is 12.8. The Labute approximate surface area is 178 Å². The van der Waals surface area contributed by atoms with E-state index >= 15 is 0 Å². The first-order valence-corrected chi connectivity index (χ1v) is 9.00. The molecule has 0 radical (unpaired) electrons. The van der Waals surface area contributed by atoms with Gasteiger partial charge in [-0.05, 0) is 35.4 Å². The van der Waals surface area contributed by atoms with Gasteiger partial charge in [0.25, 0.3) is 0 Å². The van der Waals surface area contributed by atoms with Crippen LogP contribution in [0.4, 0.5) is 0 Å². The van der Waals surface area contributed by atoms with Gasteiger partial charge in [0.2, 0.25) is 5.91 Å². The number of methoxy groups -OCH3 is 3. The number of amides is 1. The Morgan fingerprint density at radius 1 is 1.07 bits per heavy atom. The van der Waals surface area contributed by atoms with Crippen molar-refractivity contribution in [2.45, 2.75) is 6.42 Å². The standard InChI is InChI=1S/C20H21ClN2O7/c1-27-15-5-4-12(7-16(15)28-2)9-18(24)23-22-10-13-6-14(21)20(17(8-13)29-3)30-11-19(25)26/h4-8,10H,9,11H2,1-3H3,(H,23,24)(H,25,26)/b22-10+. The molecule has 0 aliphatic heterocycles. The first-order valence-electron chi connectivity index (χ1n) is 8.62. The van der Waals surface area contributed by atoms with Gasteiger partial charge in [-0.3, -0.25) is 4.79 Å². The monoisotopic (exact) mass is 436 g/mol. The maximum Gasteiger partial charge on any atom is 0.341 e. The number of benzene rings is 2. The van der Waals surface area contributed by atoms with Crippen molar-refractivity contribution in [1.29, 1.82) is 0 Å². The molecule has 0 aliphatic rings. The topological polar surface area (TPSA) is 116 Å². The van der Waals surface area contributed by atoms with E-state index in [2.05, 4.69) is 10.5 Å². The Morgan fingerprint density at radius 3 is 2.40 bits per heavy atom. The van der Waals surface area contributed by atoms with Gasteiger partial charge in [0, 0.05) is 0 Å². The van der Waals surface area contributed by atoms with Crippen molar-refractivity contribution in [3.05, 3.63) is 46.5 Å². The molecule has 2 aromatic carbocycles. The number of carboxylic acids is 1. The molecule has 2 rings (SSSR count). The smallest absolute Gasteiger partial charge is 0.341 e. The van der Waals surface area contributed by atoms with Crippen LogP contribution in [0.3, 0.4) is 0 Å². The third kappa shape index (κ3) is 6.28. The van der Waals surface area contributed by atoms with Crippen molar-refractivity contribution >= 4 is 29.7 Å². The Balaban J connectivity index is 2.03. The number of rotatable bonds is 10. The van der Waals surface area contributed by atoms with Crippen LogP contribution in [0.25, 0.3) is 0 Å². The molecule has 0 atom stereocenters. The molecule has 1 amide bonds. The van der Waals surface area contributed by atoms with Crippen LogP contribution in [0, 0.1) is 0 Å². The number of halogens is 1. The molecule has 30 heavy (non-hydrogen) atoms. The quantitative estimate of drug-likeness (QED) is 0.434. The average Bonchev–Trinajstić information content (AvgIpc) is 2.72. The van der Waals surface area contributed by atoms with Crippen LogP contribution in [0.15, 0.2) is 35.4 Å². The van der Waals surface area contributed by atoms with E-state index in [0.29, 0.717) is 17.1 Å². The van der Waals surface area contributed by atoms with Gasteiger partial charge in [0.1, 0.15) is 0 Å². The number of hydrogen-bond donors (Lipinski definition) is 2. The van der Waals surface area contributed by atoms with Crippen molar-refractivity contribution in [2.24, 2.45) is 5.10 Å². The molecular formula is C20H21ClN2O7. The Morgan fingerprint density at radius 2 is 1.77 bits per heavy atom. The third-order valence-corrected chi connectivity index (χ3v) is 4.09. The number of carbonyl (C=O) groups is 2. The molecule has 0 fully saturated rings. The zero-order chi connectivity index (χ0) is 22.1. The first-order chi connectivity index (χ1) is 14.4. The van der Waals surface area contributed by atoms with Crippen LogP contribution in [0.5, 0.6) is 23.0 Å². The van der Waals surface area contributed by atoms with E-state index in [1.165, 1.54) is 33.6 Å². The van der Waals surface area contributed by atoms with Gasteiger partial charge in [-0.15, -0.1) is 0 Å². The fourth-order valence-corrected chi connectivity index (χ4v) is 2.76. The SMILES string of the molecule is COc1ccc(CC(=O)N/N=C/c2cc(Cl)c(OCC(=O)O)c(OC)c2)cc1OC. The first kappa shape index (κ1) is 22.8. The minimum atomic E-state index is -1.14. The van der Waals surface area contributed by atoms with Crippen molar-refractivity contribution in [2.75, 3.05) is 27.9 Å². The Hall–Kier alpha value is -3.46. The van der Waals surface area contributed by atoms with E-state index in [-0.39, 0.29) is 28.8 Å².